The molecule has 1 aromatic carbocycles. The van der Waals surface area contributed by atoms with Gasteiger partial charge in [0.15, 0.2) is 0 Å². The van der Waals surface area contributed by atoms with Crippen molar-refractivity contribution >= 4 is 11.9 Å². The number of hydrogen-bond donors (Lipinski definition) is 1. The van der Waals surface area contributed by atoms with Gasteiger partial charge in [-0.25, -0.2) is 4.79 Å². The summed E-state index contributed by atoms with van der Waals surface area (Å²) in [4.78, 5) is 26.0. The normalized spacial score (nSPS) is 18.1. The number of carbonyl (C=O) groups excluding carboxylic acids is 2. The molecule has 0 aliphatic carbocycles. The lowest BCUT2D eigenvalue weighted by Gasteiger charge is -2.23. The summed E-state index contributed by atoms with van der Waals surface area (Å²) in [5.74, 6) is -0.393. The van der Waals surface area contributed by atoms with E-state index in [0.717, 1.165) is 6.42 Å². The fourth-order valence-electron chi connectivity index (χ4n) is 2.54. The van der Waals surface area contributed by atoms with Crippen molar-refractivity contribution in [2.24, 2.45) is 0 Å². The van der Waals surface area contributed by atoms with Gasteiger partial charge >= 0.3 is 5.97 Å². The molecular weight excluding hydrogens is 258 g/mol. The molecule has 20 heavy (non-hydrogen) atoms. The predicted octanol–water partition coefficient (Wildman–Crippen LogP) is 1.87. The topological polar surface area (TPSA) is 66.8 Å². The summed E-state index contributed by atoms with van der Waals surface area (Å²) in [6.07, 6.45) is 1.44. The van der Waals surface area contributed by atoms with E-state index in [-0.39, 0.29) is 17.6 Å². The minimum absolute atomic E-state index is 0.127. The molecule has 5 nitrogen and oxygen atoms in total. The molecule has 1 amide bonds. The van der Waals surface area contributed by atoms with Gasteiger partial charge in [0.2, 0.25) is 0 Å². The highest BCUT2D eigenvalue weighted by atomic mass is 16.5. The Morgan fingerprint density at radius 3 is 2.85 bits per heavy atom. The van der Waals surface area contributed by atoms with Crippen LogP contribution in [0.4, 0.5) is 0 Å². The number of phenolic OH excluding ortho intramolecular Hbond substituents is 1. The molecule has 1 aromatic rings. The van der Waals surface area contributed by atoms with Gasteiger partial charge in [-0.15, -0.1) is 0 Å². The zero-order chi connectivity index (χ0) is 14.7. The fourth-order valence-corrected chi connectivity index (χ4v) is 2.54. The second-order valence-corrected chi connectivity index (χ2v) is 4.91. The van der Waals surface area contributed by atoms with Gasteiger partial charge in [-0.2, -0.15) is 0 Å². The van der Waals surface area contributed by atoms with Crippen molar-refractivity contribution in [2.45, 2.75) is 32.7 Å². The highest BCUT2D eigenvalue weighted by Gasteiger charge is 2.35. The van der Waals surface area contributed by atoms with Gasteiger partial charge in [-0.1, -0.05) is 0 Å². The quantitative estimate of drug-likeness (QED) is 0.856. The van der Waals surface area contributed by atoms with Crippen LogP contribution in [0.25, 0.3) is 0 Å². The van der Waals surface area contributed by atoms with Gasteiger partial charge in [0.05, 0.1) is 6.61 Å². The van der Waals surface area contributed by atoms with Crippen LogP contribution in [-0.2, 0) is 9.53 Å². The number of esters is 1. The average molecular weight is 277 g/mol. The molecule has 5 heteroatoms. The number of phenols is 1. The van der Waals surface area contributed by atoms with Gasteiger partial charge in [0, 0.05) is 12.1 Å². The van der Waals surface area contributed by atoms with Crippen LogP contribution in [0.5, 0.6) is 5.75 Å². The van der Waals surface area contributed by atoms with Gasteiger partial charge in [0.1, 0.15) is 11.8 Å². The molecule has 0 aromatic heterocycles. The van der Waals surface area contributed by atoms with E-state index in [2.05, 4.69) is 0 Å². The number of aryl methyl sites for hydroxylation is 1. The molecule has 2 rings (SSSR count). The molecule has 1 unspecified atom stereocenters. The maximum absolute atomic E-state index is 12.5. The van der Waals surface area contributed by atoms with Crippen LogP contribution >= 0.6 is 0 Å². The first-order valence-corrected chi connectivity index (χ1v) is 6.81. The number of benzene rings is 1. The average Bonchev–Trinajstić information content (AvgIpc) is 2.87. The standard InChI is InChI=1S/C15H19NO4/c1-3-20-15(19)13-5-4-8-16(13)14(18)12-7-6-11(17)9-10(12)2/h6-7,9,13,17H,3-5,8H2,1-2H3. The third-order valence-corrected chi connectivity index (χ3v) is 3.51. The summed E-state index contributed by atoms with van der Waals surface area (Å²) in [6.45, 7) is 4.39. The van der Waals surface area contributed by atoms with E-state index in [9.17, 15) is 14.7 Å². The minimum atomic E-state index is -0.490. The van der Waals surface area contributed by atoms with E-state index in [1.54, 1.807) is 30.9 Å². The van der Waals surface area contributed by atoms with E-state index in [1.807, 2.05) is 0 Å². The van der Waals surface area contributed by atoms with Crippen LogP contribution in [0.15, 0.2) is 18.2 Å². The highest BCUT2D eigenvalue weighted by Crippen LogP contribution is 2.24. The van der Waals surface area contributed by atoms with Crippen LogP contribution < -0.4 is 0 Å². The second-order valence-electron chi connectivity index (χ2n) is 4.91. The third kappa shape index (κ3) is 2.76. The predicted molar refractivity (Wildman–Crippen MR) is 73.5 cm³/mol. The SMILES string of the molecule is CCOC(=O)C1CCCN1C(=O)c1ccc(O)cc1C. The van der Waals surface area contributed by atoms with Crippen molar-refractivity contribution in [1.82, 2.24) is 4.90 Å². The number of carbonyl (C=O) groups is 2. The number of aromatic hydroxyl groups is 1. The number of likely N-dealkylation sites (tertiary alicyclic amines) is 1. The number of ether oxygens (including phenoxy) is 1. The number of hydrogen-bond acceptors (Lipinski definition) is 4. The monoisotopic (exact) mass is 277 g/mol. The number of rotatable bonds is 3. The Labute approximate surface area is 118 Å². The lowest BCUT2D eigenvalue weighted by atomic mass is 10.1. The Balaban J connectivity index is 2.21. The van der Waals surface area contributed by atoms with Crippen molar-refractivity contribution in [1.29, 1.82) is 0 Å². The molecule has 1 fully saturated rings. The molecule has 1 saturated heterocycles. The molecule has 1 aliphatic rings. The molecule has 1 aliphatic heterocycles. The van der Waals surface area contributed by atoms with Gasteiger partial charge in [0.25, 0.3) is 5.91 Å². The first-order valence-electron chi connectivity index (χ1n) is 6.81. The van der Waals surface area contributed by atoms with Crippen molar-refractivity contribution in [3.63, 3.8) is 0 Å². The van der Waals surface area contributed by atoms with Crippen molar-refractivity contribution in [3.8, 4) is 5.75 Å². The molecular formula is C15H19NO4. The molecule has 0 bridgehead atoms. The summed E-state index contributed by atoms with van der Waals surface area (Å²) in [7, 11) is 0. The number of nitrogens with zero attached hydrogens (tertiary/aromatic N) is 1. The lowest BCUT2D eigenvalue weighted by molar-refractivity contribution is -0.147. The minimum Gasteiger partial charge on any atom is -0.508 e. The Bertz CT molecular complexity index is 527. The Kier molecular flexibility index (Phi) is 4.27. The van der Waals surface area contributed by atoms with Crippen LogP contribution in [0.3, 0.4) is 0 Å². The van der Waals surface area contributed by atoms with Crippen molar-refractivity contribution in [2.75, 3.05) is 13.2 Å². The zero-order valence-corrected chi connectivity index (χ0v) is 11.8. The first-order chi connectivity index (χ1) is 9.54. The summed E-state index contributed by atoms with van der Waals surface area (Å²) in [6, 6.07) is 4.13. The van der Waals surface area contributed by atoms with Crippen LogP contribution in [0.2, 0.25) is 0 Å². The van der Waals surface area contributed by atoms with Gasteiger partial charge < -0.3 is 14.7 Å². The molecule has 108 valence electrons. The van der Waals surface area contributed by atoms with E-state index in [1.165, 1.54) is 6.07 Å². The molecule has 0 saturated carbocycles. The van der Waals surface area contributed by atoms with Crippen molar-refractivity contribution < 1.29 is 19.4 Å². The Hall–Kier alpha value is -2.04. The van der Waals surface area contributed by atoms with E-state index >= 15 is 0 Å². The maximum atomic E-state index is 12.5. The third-order valence-electron chi connectivity index (χ3n) is 3.51. The molecule has 0 spiro atoms. The summed E-state index contributed by atoms with van der Waals surface area (Å²) < 4.78 is 5.02. The summed E-state index contributed by atoms with van der Waals surface area (Å²) >= 11 is 0. The van der Waals surface area contributed by atoms with Crippen LogP contribution in [0, 0.1) is 6.92 Å². The Morgan fingerprint density at radius 2 is 2.20 bits per heavy atom. The van der Waals surface area contributed by atoms with Crippen LogP contribution in [0.1, 0.15) is 35.7 Å². The highest BCUT2D eigenvalue weighted by molar-refractivity contribution is 5.98. The number of amides is 1. The van der Waals surface area contributed by atoms with Gasteiger partial charge in [-0.05, 0) is 50.5 Å². The summed E-state index contributed by atoms with van der Waals surface area (Å²) in [5.41, 5.74) is 1.21. The molecule has 1 atom stereocenters. The molecule has 1 heterocycles. The van der Waals surface area contributed by atoms with E-state index < -0.39 is 6.04 Å². The largest absolute Gasteiger partial charge is 0.508 e. The van der Waals surface area contributed by atoms with Crippen molar-refractivity contribution in [3.05, 3.63) is 29.3 Å². The maximum Gasteiger partial charge on any atom is 0.328 e. The van der Waals surface area contributed by atoms with E-state index in [0.29, 0.717) is 30.7 Å². The zero-order valence-electron chi connectivity index (χ0n) is 11.8. The van der Waals surface area contributed by atoms with Gasteiger partial charge in [-0.3, -0.25) is 4.79 Å². The first kappa shape index (κ1) is 14.4. The molecule has 0 radical (unpaired) electrons. The Morgan fingerprint density at radius 1 is 1.45 bits per heavy atom. The van der Waals surface area contributed by atoms with Crippen LogP contribution in [-0.4, -0.2) is 41.1 Å². The fraction of sp³-hybridized carbons (Fsp3) is 0.467. The summed E-state index contributed by atoms with van der Waals surface area (Å²) in [5, 5.41) is 9.40. The van der Waals surface area contributed by atoms with E-state index in [4.69, 9.17) is 4.74 Å². The smallest absolute Gasteiger partial charge is 0.328 e. The second kappa shape index (κ2) is 5.94. The lowest BCUT2D eigenvalue weighted by Crippen LogP contribution is -2.41. The molecule has 1 N–H and O–H groups in total.